The van der Waals surface area contributed by atoms with Crippen LogP contribution in [0.4, 0.5) is 0 Å². The molecule has 11 rings (SSSR count). The first kappa shape index (κ1) is 37.6. The van der Waals surface area contributed by atoms with E-state index in [-0.39, 0.29) is 0 Å². The fourth-order valence-electron chi connectivity index (χ4n) is 8.58. The molecule has 11 aromatic rings. The van der Waals surface area contributed by atoms with Gasteiger partial charge in [0.2, 0.25) is 0 Å². The molecule has 4 heterocycles. The average molecular weight is 805 g/mol. The Kier molecular flexibility index (Phi) is 9.72. The van der Waals surface area contributed by atoms with E-state index in [1.165, 1.54) is 0 Å². The zero-order valence-electron chi connectivity index (χ0n) is 34.7. The Bertz CT molecular complexity index is 3540. The number of aromatic nitrogens is 4. The van der Waals surface area contributed by atoms with Crippen molar-refractivity contribution < 1.29 is 0 Å². The minimum atomic E-state index is 0.877. The van der Waals surface area contributed by atoms with Gasteiger partial charge < -0.3 is 0 Å². The topological polar surface area (TPSA) is 51.6 Å². The Morgan fingerprint density at radius 3 is 1.25 bits per heavy atom. The van der Waals surface area contributed by atoms with Crippen LogP contribution in [-0.2, 0) is 0 Å². The van der Waals surface area contributed by atoms with Crippen LogP contribution < -0.4 is 0 Å². The smallest absolute Gasteiger partial charge is 0.0978 e. The largest absolute Gasteiger partial charge is 0.246 e. The molecular formula is C59H40N4. The molecule has 0 aliphatic rings. The van der Waals surface area contributed by atoms with Gasteiger partial charge in [0.15, 0.2) is 0 Å². The number of pyridine rings is 4. The number of benzene rings is 7. The third-order valence-electron chi connectivity index (χ3n) is 11.8. The Morgan fingerprint density at radius 2 is 0.762 bits per heavy atom. The van der Waals surface area contributed by atoms with Gasteiger partial charge in [-0.15, -0.1) is 0 Å². The first-order chi connectivity index (χ1) is 31.1. The van der Waals surface area contributed by atoms with Crippen LogP contribution >= 0.6 is 0 Å². The SMILES string of the molecule is Cc1cc(-c2ccc3ccc4c(-c5ccccc5)cc(/C=C/c5ccccc5)nc4c3n2)ccc1-c1ccc2ccc3c(-c4ccccc4)cc(/C=C/c4ccccc4)nc3c2n1. The normalized spacial score (nSPS) is 11.8. The third-order valence-corrected chi connectivity index (χ3v) is 11.8. The highest BCUT2D eigenvalue weighted by Gasteiger charge is 2.16. The van der Waals surface area contributed by atoms with E-state index in [1.54, 1.807) is 0 Å². The molecule has 0 unspecified atom stereocenters. The maximum atomic E-state index is 5.37. The molecule has 63 heavy (non-hydrogen) atoms. The number of hydrogen-bond acceptors (Lipinski definition) is 4. The molecule has 0 aliphatic carbocycles. The van der Waals surface area contributed by atoms with Gasteiger partial charge >= 0.3 is 0 Å². The minimum Gasteiger partial charge on any atom is -0.246 e. The first-order valence-electron chi connectivity index (χ1n) is 21.3. The van der Waals surface area contributed by atoms with Crippen LogP contribution in [0.2, 0.25) is 0 Å². The van der Waals surface area contributed by atoms with Gasteiger partial charge in [-0.25, -0.2) is 19.9 Å². The minimum absolute atomic E-state index is 0.877. The summed E-state index contributed by atoms with van der Waals surface area (Å²) in [6.45, 7) is 2.15. The van der Waals surface area contributed by atoms with Crippen molar-refractivity contribution in [3.8, 4) is 44.8 Å². The zero-order valence-corrected chi connectivity index (χ0v) is 34.7. The summed E-state index contributed by atoms with van der Waals surface area (Å²) in [6.07, 6.45) is 8.42. The van der Waals surface area contributed by atoms with Crippen LogP contribution in [0.1, 0.15) is 28.1 Å². The molecule has 0 amide bonds. The van der Waals surface area contributed by atoms with Gasteiger partial charge in [-0.05, 0) is 88.4 Å². The van der Waals surface area contributed by atoms with Crippen molar-refractivity contribution in [2.45, 2.75) is 6.92 Å². The molecule has 0 N–H and O–H groups in total. The predicted octanol–water partition coefficient (Wildman–Crippen LogP) is 15.2. The van der Waals surface area contributed by atoms with Gasteiger partial charge in [0.1, 0.15) is 0 Å². The van der Waals surface area contributed by atoms with Crippen molar-refractivity contribution in [3.63, 3.8) is 0 Å². The van der Waals surface area contributed by atoms with Gasteiger partial charge in [0.05, 0.1) is 44.8 Å². The van der Waals surface area contributed by atoms with Crippen LogP contribution in [0.5, 0.6) is 0 Å². The number of rotatable bonds is 8. The molecule has 0 aliphatic heterocycles. The summed E-state index contributed by atoms with van der Waals surface area (Å²) in [5.74, 6) is 0. The highest BCUT2D eigenvalue weighted by molar-refractivity contribution is 6.10. The zero-order chi connectivity index (χ0) is 42.1. The molecule has 296 valence electrons. The molecule has 0 saturated carbocycles. The van der Waals surface area contributed by atoms with Crippen LogP contribution in [0.3, 0.4) is 0 Å². The van der Waals surface area contributed by atoms with Crippen LogP contribution in [0.15, 0.2) is 200 Å². The summed E-state index contributed by atoms with van der Waals surface area (Å²) in [7, 11) is 0. The Balaban J connectivity index is 1.00. The predicted molar refractivity (Wildman–Crippen MR) is 265 cm³/mol. The van der Waals surface area contributed by atoms with Crippen molar-refractivity contribution >= 4 is 67.9 Å². The van der Waals surface area contributed by atoms with E-state index < -0.39 is 0 Å². The molecule has 4 nitrogen and oxygen atoms in total. The van der Waals surface area contributed by atoms with Gasteiger partial charge in [-0.1, -0.05) is 182 Å². The molecule has 0 radical (unpaired) electrons. The number of nitrogens with zero attached hydrogens (tertiary/aromatic N) is 4. The van der Waals surface area contributed by atoms with E-state index in [9.17, 15) is 0 Å². The molecular weight excluding hydrogens is 765 g/mol. The monoisotopic (exact) mass is 804 g/mol. The molecule has 7 aromatic carbocycles. The van der Waals surface area contributed by atoms with E-state index in [1.807, 2.05) is 12.1 Å². The van der Waals surface area contributed by atoms with Crippen LogP contribution in [0, 0.1) is 6.92 Å². The van der Waals surface area contributed by atoms with Gasteiger partial charge in [0.25, 0.3) is 0 Å². The van der Waals surface area contributed by atoms with E-state index in [0.717, 1.165) is 116 Å². The maximum Gasteiger partial charge on any atom is 0.0978 e. The lowest BCUT2D eigenvalue weighted by Crippen LogP contribution is -1.95. The lowest BCUT2D eigenvalue weighted by molar-refractivity contribution is 1.33. The Hall–Kier alpha value is -8.34. The lowest BCUT2D eigenvalue weighted by Gasteiger charge is -2.13. The van der Waals surface area contributed by atoms with Gasteiger partial charge in [0, 0.05) is 32.7 Å². The average Bonchev–Trinajstić information content (AvgIpc) is 3.35. The maximum absolute atomic E-state index is 5.37. The molecule has 4 aromatic heterocycles. The summed E-state index contributed by atoms with van der Waals surface area (Å²) in [6, 6.07) is 69.9. The third kappa shape index (κ3) is 7.45. The van der Waals surface area contributed by atoms with Crippen molar-refractivity contribution in [1.29, 1.82) is 0 Å². The fraction of sp³-hybridized carbons (Fsp3) is 0.0169. The number of fused-ring (bicyclic) bond motifs is 6. The van der Waals surface area contributed by atoms with Crippen molar-refractivity contribution in [2.75, 3.05) is 0 Å². The van der Waals surface area contributed by atoms with E-state index >= 15 is 0 Å². The lowest BCUT2D eigenvalue weighted by atomic mass is 9.97. The molecule has 0 saturated heterocycles. The van der Waals surface area contributed by atoms with Crippen molar-refractivity contribution in [2.24, 2.45) is 0 Å². The molecule has 0 fully saturated rings. The highest BCUT2D eigenvalue weighted by atomic mass is 14.8. The summed E-state index contributed by atoms with van der Waals surface area (Å²) in [4.78, 5) is 21.2. The summed E-state index contributed by atoms with van der Waals surface area (Å²) in [5, 5.41) is 4.24. The number of aryl methyl sites for hydroxylation is 1. The first-order valence-corrected chi connectivity index (χ1v) is 21.3. The van der Waals surface area contributed by atoms with Crippen LogP contribution in [0.25, 0.3) is 113 Å². The van der Waals surface area contributed by atoms with Crippen molar-refractivity contribution in [1.82, 2.24) is 19.9 Å². The van der Waals surface area contributed by atoms with E-state index in [2.05, 4.69) is 219 Å². The molecule has 0 spiro atoms. The fourth-order valence-corrected chi connectivity index (χ4v) is 8.58. The number of hydrogen-bond donors (Lipinski definition) is 0. The van der Waals surface area contributed by atoms with Crippen molar-refractivity contribution in [3.05, 3.63) is 228 Å². The summed E-state index contributed by atoms with van der Waals surface area (Å²) >= 11 is 0. The second-order valence-corrected chi connectivity index (χ2v) is 15.9. The molecule has 4 heteroatoms. The summed E-state index contributed by atoms with van der Waals surface area (Å²) < 4.78 is 0. The Morgan fingerprint density at radius 1 is 0.317 bits per heavy atom. The second-order valence-electron chi connectivity index (χ2n) is 15.9. The van der Waals surface area contributed by atoms with E-state index in [0.29, 0.717) is 0 Å². The molecule has 0 atom stereocenters. The molecule has 0 bridgehead atoms. The van der Waals surface area contributed by atoms with E-state index in [4.69, 9.17) is 19.9 Å². The quantitative estimate of drug-likeness (QED) is 0.144. The highest BCUT2D eigenvalue weighted by Crippen LogP contribution is 2.37. The van der Waals surface area contributed by atoms with Crippen LogP contribution in [-0.4, -0.2) is 19.9 Å². The Labute approximate surface area is 366 Å². The second kappa shape index (κ2) is 16.3. The van der Waals surface area contributed by atoms with Gasteiger partial charge in [-0.3, -0.25) is 0 Å². The van der Waals surface area contributed by atoms with Gasteiger partial charge in [-0.2, -0.15) is 0 Å². The summed E-state index contributed by atoms with van der Waals surface area (Å²) in [5.41, 5.74) is 17.1. The standard InChI is InChI=1S/C59H40N4/c1-39-36-46(54-34-27-44-24-32-50-52(42-18-10-4-11-19-42)37-47(60-58(50)56(44)62-54)29-22-40-14-6-2-7-15-40)26-31-49(39)55-35-28-45-25-33-51-53(43-20-12-5-13-21-43)38-48(61-59(51)57(45)63-55)30-23-41-16-8-3-9-17-41/h2-38H,1H3/b29-22+,30-23+.